The largest absolute Gasteiger partial charge is 0.444 e. The fourth-order valence-corrected chi connectivity index (χ4v) is 7.83. The molecule has 53 heavy (non-hydrogen) atoms. The third kappa shape index (κ3) is 7.50. The Kier molecular flexibility index (Phi) is 9.53. The molecule has 1 aromatic heterocycles. The minimum atomic E-state index is -2.64. The van der Waals surface area contributed by atoms with E-state index in [-0.39, 0.29) is 42.1 Å². The number of carbonyl (C=O) groups is 3. The van der Waals surface area contributed by atoms with Crippen molar-refractivity contribution in [2.45, 2.75) is 71.4 Å². The predicted octanol–water partition coefficient (Wildman–Crippen LogP) is 7.24. The summed E-state index contributed by atoms with van der Waals surface area (Å²) in [7, 11) is 0. The highest BCUT2D eigenvalue weighted by atomic mass is 19.3. The quantitative estimate of drug-likeness (QED) is 0.263. The number of allylic oxidation sites excluding steroid dienone is 1. The number of anilines is 1. The lowest BCUT2D eigenvalue weighted by Crippen LogP contribution is -2.62. The van der Waals surface area contributed by atoms with Gasteiger partial charge in [0.2, 0.25) is 5.91 Å². The number of piperazine rings is 1. The number of benzene rings is 2. The Morgan fingerprint density at radius 2 is 1.45 bits per heavy atom. The van der Waals surface area contributed by atoms with E-state index in [1.807, 2.05) is 56.9 Å². The Hall–Kier alpha value is -4.87. The van der Waals surface area contributed by atoms with Crippen molar-refractivity contribution in [2.75, 3.05) is 44.2 Å². The van der Waals surface area contributed by atoms with Crippen LogP contribution in [0.25, 0.3) is 5.57 Å². The number of aromatic nitrogens is 1. The zero-order valence-corrected chi connectivity index (χ0v) is 30.6. The van der Waals surface area contributed by atoms with Gasteiger partial charge in [0, 0.05) is 50.9 Å². The zero-order valence-electron chi connectivity index (χ0n) is 30.6. The van der Waals surface area contributed by atoms with Crippen LogP contribution in [0.5, 0.6) is 0 Å². The Morgan fingerprint density at radius 1 is 0.849 bits per heavy atom. The molecule has 2 saturated carbocycles. The first-order valence-electron chi connectivity index (χ1n) is 18.3. The maximum Gasteiger partial charge on any atom is 0.410 e. The lowest BCUT2D eigenvalue weighted by molar-refractivity contribution is -0.143. The van der Waals surface area contributed by atoms with Gasteiger partial charge in [-0.1, -0.05) is 42.0 Å². The molecule has 12 heteroatoms. The van der Waals surface area contributed by atoms with Crippen molar-refractivity contribution >= 4 is 29.2 Å². The highest BCUT2D eigenvalue weighted by molar-refractivity contribution is 5.95. The lowest BCUT2D eigenvalue weighted by Gasteiger charge is -2.57. The van der Waals surface area contributed by atoms with Gasteiger partial charge in [-0.05, 0) is 93.8 Å². The fraction of sp³-hybridized carbons (Fsp3) is 0.463. The Balaban J connectivity index is 0.986. The van der Waals surface area contributed by atoms with Crippen molar-refractivity contribution in [3.05, 3.63) is 101 Å². The molecule has 0 bridgehead atoms. The number of hydrogen-bond donors (Lipinski definition) is 1. The van der Waals surface area contributed by atoms with E-state index in [1.165, 1.54) is 28.8 Å². The molecular formula is C41H46F3N5O4. The summed E-state index contributed by atoms with van der Waals surface area (Å²) in [6.07, 6.45) is 2.40. The summed E-state index contributed by atoms with van der Waals surface area (Å²) in [4.78, 5) is 48.2. The number of nitrogens with zero attached hydrogens (tertiary/aromatic N) is 4. The fourth-order valence-electron chi connectivity index (χ4n) is 7.83. The van der Waals surface area contributed by atoms with Crippen LogP contribution >= 0.6 is 0 Å². The van der Waals surface area contributed by atoms with Gasteiger partial charge in [0.25, 0.3) is 12.3 Å². The Labute approximate surface area is 308 Å². The second-order valence-electron chi connectivity index (χ2n) is 16.2. The highest BCUT2D eigenvalue weighted by Gasteiger charge is 2.59. The van der Waals surface area contributed by atoms with Crippen molar-refractivity contribution < 1.29 is 32.3 Å². The lowest BCUT2D eigenvalue weighted by atomic mass is 9.59. The topological polar surface area (TPSA) is 95.1 Å². The average Bonchev–Trinajstić information content (AvgIpc) is 3.91. The van der Waals surface area contributed by atoms with Crippen LogP contribution in [-0.4, -0.2) is 84.0 Å². The number of carbonyl (C=O) groups excluding carboxylic acids is 3. The smallest absolute Gasteiger partial charge is 0.410 e. The number of pyridine rings is 1. The average molecular weight is 730 g/mol. The third-order valence-electron chi connectivity index (χ3n) is 11.0. The van der Waals surface area contributed by atoms with Gasteiger partial charge in [0.05, 0.1) is 23.5 Å². The van der Waals surface area contributed by atoms with Gasteiger partial charge in [-0.15, -0.1) is 0 Å². The minimum Gasteiger partial charge on any atom is -0.444 e. The van der Waals surface area contributed by atoms with Gasteiger partial charge in [-0.3, -0.25) is 14.6 Å². The van der Waals surface area contributed by atoms with Gasteiger partial charge < -0.3 is 24.8 Å². The van der Waals surface area contributed by atoms with E-state index in [0.29, 0.717) is 44.8 Å². The van der Waals surface area contributed by atoms with E-state index in [9.17, 15) is 27.6 Å². The first-order valence-corrected chi connectivity index (χ1v) is 18.3. The molecule has 0 radical (unpaired) electrons. The van der Waals surface area contributed by atoms with Gasteiger partial charge in [0.1, 0.15) is 16.8 Å². The maximum absolute atomic E-state index is 13.9. The second-order valence-corrected chi connectivity index (χ2v) is 16.2. The summed E-state index contributed by atoms with van der Waals surface area (Å²) in [5.74, 6) is -1.04. The van der Waals surface area contributed by atoms with Gasteiger partial charge >= 0.3 is 6.09 Å². The van der Waals surface area contributed by atoms with Crippen molar-refractivity contribution in [3.8, 4) is 0 Å². The molecule has 7 rings (SSSR count). The van der Waals surface area contributed by atoms with Gasteiger partial charge in [0.15, 0.2) is 0 Å². The number of likely N-dealkylation sites (tertiary alicyclic amines) is 1. The highest BCUT2D eigenvalue weighted by Crippen LogP contribution is 2.55. The van der Waals surface area contributed by atoms with Crippen molar-refractivity contribution in [1.82, 2.24) is 20.1 Å². The molecule has 3 aromatic rings. The number of ether oxygens (including phenoxy) is 1. The zero-order chi connectivity index (χ0) is 37.7. The molecule has 2 aliphatic carbocycles. The molecule has 9 nitrogen and oxygen atoms in total. The van der Waals surface area contributed by atoms with Crippen LogP contribution in [0, 0.1) is 16.6 Å². The summed E-state index contributed by atoms with van der Waals surface area (Å²) < 4.78 is 46.4. The number of alkyl halides is 2. The van der Waals surface area contributed by atoms with E-state index in [4.69, 9.17) is 4.74 Å². The molecule has 2 aliphatic heterocycles. The number of hydrogen-bond acceptors (Lipinski definition) is 6. The number of amides is 3. The minimum absolute atomic E-state index is 0.0335. The second kappa shape index (κ2) is 13.8. The Morgan fingerprint density at radius 3 is 2.02 bits per heavy atom. The number of halogens is 3. The first-order chi connectivity index (χ1) is 25.2. The molecule has 0 unspecified atom stereocenters. The molecule has 3 amide bonds. The SMILES string of the molecule is C[C@@H](NC(=O)c1cncc(N2CCN(C(=O)C3(C(F)F)CC3)CC2)c1)c1ccc(C(=C2CC3(C2)CN(C(=O)OC(C)(C)C)C3)c2ccc(F)cc2)cc1. The van der Waals surface area contributed by atoms with Crippen molar-refractivity contribution in [2.24, 2.45) is 10.8 Å². The van der Waals surface area contributed by atoms with Crippen molar-refractivity contribution in [1.29, 1.82) is 0 Å². The molecular weight excluding hydrogens is 683 g/mol. The van der Waals surface area contributed by atoms with Crippen LogP contribution < -0.4 is 10.2 Å². The molecule has 2 saturated heterocycles. The van der Waals surface area contributed by atoms with E-state index < -0.39 is 23.3 Å². The van der Waals surface area contributed by atoms with Crippen molar-refractivity contribution in [3.63, 3.8) is 0 Å². The van der Waals surface area contributed by atoms with Crippen LogP contribution in [0.1, 0.15) is 86.5 Å². The predicted molar refractivity (Wildman–Crippen MR) is 195 cm³/mol. The van der Waals surface area contributed by atoms with E-state index >= 15 is 0 Å². The summed E-state index contributed by atoms with van der Waals surface area (Å²) in [6, 6.07) is 16.0. The summed E-state index contributed by atoms with van der Waals surface area (Å²) >= 11 is 0. The van der Waals surface area contributed by atoms with Crippen LogP contribution in [0.2, 0.25) is 0 Å². The van der Waals surface area contributed by atoms with Crippen LogP contribution in [0.3, 0.4) is 0 Å². The van der Waals surface area contributed by atoms with E-state index in [0.717, 1.165) is 40.8 Å². The molecule has 3 heterocycles. The van der Waals surface area contributed by atoms with E-state index in [1.54, 1.807) is 29.3 Å². The first kappa shape index (κ1) is 36.5. The molecule has 4 aliphatic rings. The molecule has 2 aromatic carbocycles. The molecule has 1 spiro atoms. The maximum atomic E-state index is 13.9. The standard InChI is InChI=1S/C41H46F3N5O4/c1-26(46-35(50)30-19-33(23-45-22-30)47-15-17-48(18-16-47)37(51)41(13-14-41)36(43)44)27-5-7-28(8-6-27)34(29-9-11-32(42)12-10-29)31-20-40(21-31)24-49(25-40)38(52)53-39(2,3)4/h5-12,19,22-23,26,36H,13-18,20-21,24-25H2,1-4H3,(H,46,50)/t26-/m1/s1. The van der Waals surface area contributed by atoms with Crippen LogP contribution in [0.15, 0.2) is 72.6 Å². The molecule has 280 valence electrons. The van der Waals surface area contributed by atoms with Crippen LogP contribution in [-0.2, 0) is 9.53 Å². The van der Waals surface area contributed by atoms with Crippen LogP contribution in [0.4, 0.5) is 23.7 Å². The molecule has 4 fully saturated rings. The van der Waals surface area contributed by atoms with Gasteiger partial charge in [-0.25, -0.2) is 18.0 Å². The summed E-state index contributed by atoms with van der Waals surface area (Å²) in [5.41, 5.74) is 4.26. The van der Waals surface area contributed by atoms with E-state index in [2.05, 4.69) is 10.3 Å². The monoisotopic (exact) mass is 729 g/mol. The number of nitrogens with one attached hydrogen (secondary N) is 1. The number of rotatable bonds is 8. The summed E-state index contributed by atoms with van der Waals surface area (Å²) in [5, 5.41) is 3.07. The third-order valence-corrected chi connectivity index (χ3v) is 11.0. The Bertz CT molecular complexity index is 1900. The normalized spacial score (nSPS) is 19.3. The van der Waals surface area contributed by atoms with Gasteiger partial charge in [-0.2, -0.15) is 0 Å². The molecule has 1 atom stereocenters. The summed E-state index contributed by atoms with van der Waals surface area (Å²) in [6.45, 7) is 10.4. The molecule has 1 N–H and O–H groups in total.